The molecule has 0 aliphatic carbocycles. The molecule has 2 heterocycles. The maximum Gasteiger partial charge on any atom is 0.409 e. The van der Waals surface area contributed by atoms with Crippen LogP contribution in [0, 0.1) is 0 Å². The van der Waals surface area contributed by atoms with Gasteiger partial charge >= 0.3 is 6.09 Å². The fourth-order valence-corrected chi connectivity index (χ4v) is 3.60. The molecule has 0 bridgehead atoms. The van der Waals surface area contributed by atoms with Crippen LogP contribution in [0.3, 0.4) is 0 Å². The molecule has 1 amide bonds. The Bertz CT molecular complexity index is 570. The number of thiophene rings is 1. The minimum atomic E-state index is -0.220. The lowest BCUT2D eigenvalue weighted by Crippen LogP contribution is -2.54. The average molecular weight is 494 g/mol. The molecule has 8 heteroatoms. The third-order valence-corrected chi connectivity index (χ3v) is 5.49. The van der Waals surface area contributed by atoms with Gasteiger partial charge in [-0.05, 0) is 25.3 Å². The molecule has 0 unspecified atom stereocenters. The Balaban J connectivity index is 0.00000338. The third-order valence-electron chi connectivity index (χ3n) is 4.25. The highest BCUT2D eigenvalue weighted by Crippen LogP contribution is 2.27. The lowest BCUT2D eigenvalue weighted by Gasteiger charge is -2.36. The standard InChI is InChI=1S/C18H30N4O2S.HI/c1-5-19-16(20-14-18(3,4)15-8-7-13-25-15)21-9-11-22(12-10-21)17(23)24-6-2;/h7-8,13H,5-6,9-12,14H2,1-4H3,(H,19,20);1H. The van der Waals surface area contributed by atoms with E-state index >= 15 is 0 Å². The molecule has 6 nitrogen and oxygen atoms in total. The highest BCUT2D eigenvalue weighted by atomic mass is 127. The summed E-state index contributed by atoms with van der Waals surface area (Å²) >= 11 is 1.78. The van der Waals surface area contributed by atoms with Crippen molar-refractivity contribution in [2.45, 2.75) is 33.1 Å². The van der Waals surface area contributed by atoms with Gasteiger partial charge in [0, 0.05) is 43.0 Å². The van der Waals surface area contributed by atoms with Crippen molar-refractivity contribution in [3.8, 4) is 0 Å². The number of amides is 1. The number of rotatable bonds is 5. The van der Waals surface area contributed by atoms with E-state index < -0.39 is 0 Å². The van der Waals surface area contributed by atoms with E-state index in [4.69, 9.17) is 9.73 Å². The molecule has 26 heavy (non-hydrogen) atoms. The number of halogens is 1. The van der Waals surface area contributed by atoms with E-state index in [9.17, 15) is 4.79 Å². The quantitative estimate of drug-likeness (QED) is 0.388. The smallest absolute Gasteiger partial charge is 0.409 e. The van der Waals surface area contributed by atoms with Crippen molar-refractivity contribution in [2.24, 2.45) is 4.99 Å². The number of hydrogen-bond donors (Lipinski definition) is 1. The molecule has 0 radical (unpaired) electrons. The van der Waals surface area contributed by atoms with Crippen molar-refractivity contribution < 1.29 is 9.53 Å². The predicted octanol–water partition coefficient (Wildman–Crippen LogP) is 3.38. The first-order valence-electron chi connectivity index (χ1n) is 8.97. The second kappa shape index (κ2) is 11.0. The third kappa shape index (κ3) is 6.29. The molecular weight excluding hydrogens is 463 g/mol. The van der Waals surface area contributed by atoms with Crippen LogP contribution in [0.25, 0.3) is 0 Å². The SMILES string of the molecule is CCNC(=NCC(C)(C)c1cccs1)N1CCN(C(=O)OCC)CC1.I. The van der Waals surface area contributed by atoms with E-state index in [1.54, 1.807) is 16.2 Å². The fourth-order valence-electron chi connectivity index (χ4n) is 2.76. The summed E-state index contributed by atoms with van der Waals surface area (Å²) in [7, 11) is 0. The maximum absolute atomic E-state index is 11.8. The Morgan fingerprint density at radius 2 is 1.92 bits per heavy atom. The zero-order valence-electron chi connectivity index (χ0n) is 16.2. The van der Waals surface area contributed by atoms with E-state index in [2.05, 4.69) is 48.5 Å². The summed E-state index contributed by atoms with van der Waals surface area (Å²) in [6, 6.07) is 4.26. The first kappa shape index (κ1) is 23.0. The van der Waals surface area contributed by atoms with Crippen molar-refractivity contribution in [3.05, 3.63) is 22.4 Å². The van der Waals surface area contributed by atoms with Gasteiger partial charge in [-0.25, -0.2) is 4.79 Å². The van der Waals surface area contributed by atoms with Crippen molar-refractivity contribution in [1.82, 2.24) is 15.1 Å². The average Bonchev–Trinajstić information content (AvgIpc) is 3.14. The van der Waals surface area contributed by atoms with Gasteiger partial charge < -0.3 is 19.9 Å². The molecule has 1 fully saturated rings. The summed E-state index contributed by atoms with van der Waals surface area (Å²) in [5.74, 6) is 0.927. The van der Waals surface area contributed by atoms with Crippen LogP contribution in [0.15, 0.2) is 22.5 Å². The zero-order valence-corrected chi connectivity index (χ0v) is 19.3. The van der Waals surface area contributed by atoms with Crippen LogP contribution in [0.2, 0.25) is 0 Å². The van der Waals surface area contributed by atoms with E-state index in [-0.39, 0.29) is 35.5 Å². The second-order valence-corrected chi connectivity index (χ2v) is 7.65. The van der Waals surface area contributed by atoms with Crippen LogP contribution < -0.4 is 5.32 Å². The Morgan fingerprint density at radius 3 is 2.46 bits per heavy atom. The Labute approximate surface area is 178 Å². The van der Waals surface area contributed by atoms with Crippen molar-refractivity contribution in [2.75, 3.05) is 45.9 Å². The first-order chi connectivity index (χ1) is 12.0. The molecule has 148 valence electrons. The van der Waals surface area contributed by atoms with Gasteiger partial charge in [0.1, 0.15) is 0 Å². The van der Waals surface area contributed by atoms with Gasteiger partial charge in [-0.3, -0.25) is 4.99 Å². The highest BCUT2D eigenvalue weighted by molar-refractivity contribution is 14.0. The number of carbonyl (C=O) groups is 1. The van der Waals surface area contributed by atoms with Gasteiger partial charge in [-0.2, -0.15) is 0 Å². The second-order valence-electron chi connectivity index (χ2n) is 6.70. The van der Waals surface area contributed by atoms with Gasteiger partial charge in [0.2, 0.25) is 0 Å². The predicted molar refractivity (Wildman–Crippen MR) is 119 cm³/mol. The zero-order chi connectivity index (χ0) is 18.3. The molecule has 1 aliphatic heterocycles. The molecule has 2 rings (SSSR count). The molecule has 1 N–H and O–H groups in total. The maximum atomic E-state index is 11.8. The number of piperazine rings is 1. The molecule has 0 saturated carbocycles. The Kier molecular flexibility index (Phi) is 9.70. The molecule has 1 saturated heterocycles. The van der Waals surface area contributed by atoms with E-state index in [1.165, 1.54) is 4.88 Å². The number of guanidine groups is 1. The van der Waals surface area contributed by atoms with E-state index in [1.807, 2.05) is 6.92 Å². The summed E-state index contributed by atoms with van der Waals surface area (Å²) in [6.07, 6.45) is -0.220. The summed E-state index contributed by atoms with van der Waals surface area (Å²) in [5, 5.41) is 5.50. The lowest BCUT2D eigenvalue weighted by atomic mass is 9.92. The number of nitrogens with zero attached hydrogens (tertiary/aromatic N) is 3. The lowest BCUT2D eigenvalue weighted by molar-refractivity contribution is 0.0914. The van der Waals surface area contributed by atoms with Crippen molar-refractivity contribution in [3.63, 3.8) is 0 Å². The van der Waals surface area contributed by atoms with Gasteiger partial charge in [0.15, 0.2) is 5.96 Å². The monoisotopic (exact) mass is 494 g/mol. The molecule has 0 aromatic carbocycles. The minimum absolute atomic E-state index is 0. The first-order valence-corrected chi connectivity index (χ1v) is 9.85. The fraction of sp³-hybridized carbons (Fsp3) is 0.667. The largest absolute Gasteiger partial charge is 0.450 e. The van der Waals surface area contributed by atoms with Crippen LogP contribution in [0.4, 0.5) is 4.79 Å². The minimum Gasteiger partial charge on any atom is -0.450 e. The Morgan fingerprint density at radius 1 is 1.27 bits per heavy atom. The normalized spacial score (nSPS) is 15.5. The Hall–Kier alpha value is -1.03. The van der Waals surface area contributed by atoms with Crippen LogP contribution in [0.5, 0.6) is 0 Å². The molecule has 0 spiro atoms. The number of nitrogens with one attached hydrogen (secondary N) is 1. The number of hydrogen-bond acceptors (Lipinski definition) is 4. The van der Waals surface area contributed by atoms with Crippen molar-refractivity contribution >= 4 is 47.4 Å². The summed E-state index contributed by atoms with van der Waals surface area (Å²) < 4.78 is 5.08. The summed E-state index contributed by atoms with van der Waals surface area (Å²) in [6.45, 7) is 13.2. The van der Waals surface area contributed by atoms with Gasteiger partial charge in [0.05, 0.1) is 13.2 Å². The van der Waals surface area contributed by atoms with Gasteiger partial charge in [-0.1, -0.05) is 19.9 Å². The van der Waals surface area contributed by atoms with E-state index in [0.717, 1.165) is 32.1 Å². The topological polar surface area (TPSA) is 57.2 Å². The number of ether oxygens (including phenoxy) is 1. The van der Waals surface area contributed by atoms with Crippen LogP contribution >= 0.6 is 35.3 Å². The number of carbonyl (C=O) groups excluding carboxylic acids is 1. The highest BCUT2D eigenvalue weighted by Gasteiger charge is 2.25. The van der Waals surface area contributed by atoms with E-state index in [0.29, 0.717) is 19.7 Å². The van der Waals surface area contributed by atoms with Gasteiger partial charge in [-0.15, -0.1) is 35.3 Å². The molecule has 1 aromatic rings. The molecule has 1 aliphatic rings. The van der Waals surface area contributed by atoms with Gasteiger partial charge in [0.25, 0.3) is 0 Å². The van der Waals surface area contributed by atoms with Crippen molar-refractivity contribution in [1.29, 1.82) is 0 Å². The summed E-state index contributed by atoms with van der Waals surface area (Å²) in [5.41, 5.74) is 0.0155. The van der Waals surface area contributed by atoms with Crippen LogP contribution in [-0.4, -0.2) is 67.7 Å². The van der Waals surface area contributed by atoms with Crippen LogP contribution in [0.1, 0.15) is 32.6 Å². The molecule has 0 atom stereocenters. The van der Waals surface area contributed by atoms with Crippen LogP contribution in [-0.2, 0) is 10.2 Å². The molecule has 1 aromatic heterocycles. The number of aliphatic imine (C=N–C) groups is 1. The molecular formula is C18H31IN4O2S. The summed E-state index contributed by atoms with van der Waals surface area (Å²) in [4.78, 5) is 22.0.